The van der Waals surface area contributed by atoms with Gasteiger partial charge < -0.3 is 4.98 Å². The Morgan fingerprint density at radius 2 is 1.94 bits per heavy atom. The topological polar surface area (TPSA) is 118 Å². The molecule has 0 amide bonds. The highest BCUT2D eigenvalue weighted by Crippen LogP contribution is 2.32. The number of carbonyl (C=O) groups excluding carboxylic acids is 1. The number of rotatable bonds is 1. The molecule has 8 bridgehead atoms. The summed E-state index contributed by atoms with van der Waals surface area (Å²) >= 11 is 1.53. The van der Waals surface area contributed by atoms with Gasteiger partial charge in [0.25, 0.3) is 0 Å². The van der Waals surface area contributed by atoms with Crippen LogP contribution in [0.5, 0.6) is 0 Å². The third-order valence-corrected chi connectivity index (χ3v) is 8.15. The van der Waals surface area contributed by atoms with Crippen LogP contribution in [0.15, 0.2) is 55.1 Å². The first-order valence-electron chi connectivity index (χ1n) is 11.8. The number of thiophene rings is 1. The van der Waals surface area contributed by atoms with Crippen molar-refractivity contribution in [1.29, 1.82) is 0 Å². The van der Waals surface area contributed by atoms with Crippen molar-refractivity contribution >= 4 is 81.8 Å². The van der Waals surface area contributed by atoms with Crippen molar-refractivity contribution in [3.05, 3.63) is 55.1 Å². The first kappa shape index (κ1) is 19.8. The van der Waals surface area contributed by atoms with E-state index in [4.69, 9.17) is 4.98 Å². The van der Waals surface area contributed by atoms with E-state index in [0.29, 0.717) is 11.2 Å². The lowest BCUT2D eigenvalue weighted by Crippen LogP contribution is -2.27. The monoisotopic (exact) mass is 490 g/mol. The maximum atomic E-state index is 13.7. The smallest absolute Gasteiger partial charge is 0.235 e. The number of imidazole rings is 1. The largest absolute Gasteiger partial charge is 0.336 e. The van der Waals surface area contributed by atoms with E-state index < -0.39 is 0 Å². The molecule has 174 valence electrons. The molecule has 0 saturated heterocycles. The molecule has 1 fully saturated rings. The van der Waals surface area contributed by atoms with Crippen LogP contribution in [-0.2, 0) is 0 Å². The standard InChI is InChI=1S/C26H18N8OS/c35-26(13-2-1-3-13)34-15-8-14(10-27-11-15)18-9-16-19(12-29-18)32-33-22(16)25-30-17-6-7-28-24(23(17)31-25)20-4-5-21(34)36-20/h4-13H,1-3H2,(H,30,31)(H,32,33). The molecule has 9 nitrogen and oxygen atoms in total. The highest BCUT2D eigenvalue weighted by atomic mass is 32.1. The second-order valence-electron chi connectivity index (χ2n) is 9.20. The molecule has 0 spiro atoms. The van der Waals surface area contributed by atoms with Gasteiger partial charge in [0, 0.05) is 29.1 Å². The molecule has 1 saturated carbocycles. The molecule has 8 rings (SSSR count). The van der Waals surface area contributed by atoms with Crippen molar-refractivity contribution in [2.75, 3.05) is 0 Å². The van der Waals surface area contributed by atoms with E-state index >= 15 is 0 Å². The molecule has 7 heterocycles. The quantitative estimate of drug-likeness (QED) is 0.306. The number of aromatic amines is 2. The van der Waals surface area contributed by atoms with Gasteiger partial charge in [0.15, 0.2) is 5.65 Å². The molecule has 0 aromatic carbocycles. The Labute approximate surface area is 206 Å². The fourth-order valence-corrected chi connectivity index (χ4v) is 5.98. The van der Waals surface area contributed by atoms with Crippen molar-refractivity contribution in [1.82, 2.24) is 39.7 Å². The van der Waals surface area contributed by atoms with Gasteiger partial charge in [0.05, 0.1) is 39.2 Å². The molecule has 36 heavy (non-hydrogen) atoms. The first-order valence-corrected chi connectivity index (χ1v) is 12.6. The van der Waals surface area contributed by atoms with Crippen LogP contribution in [-0.4, -0.2) is 45.6 Å². The summed E-state index contributed by atoms with van der Waals surface area (Å²) in [5.41, 5.74) is 6.06. The molecule has 0 unspecified atom stereocenters. The zero-order valence-corrected chi connectivity index (χ0v) is 19.7. The fourth-order valence-electron chi connectivity index (χ4n) is 4.95. The van der Waals surface area contributed by atoms with Gasteiger partial charge in [-0.05, 0) is 43.2 Å². The Hall–Kier alpha value is -4.44. The number of H-pyrrole nitrogens is 2. The Balaban J connectivity index is 1.62. The van der Waals surface area contributed by atoms with E-state index in [1.807, 2.05) is 34.9 Å². The Bertz CT molecular complexity index is 2080. The minimum Gasteiger partial charge on any atom is -0.336 e. The maximum Gasteiger partial charge on any atom is 0.235 e. The van der Waals surface area contributed by atoms with Crippen molar-refractivity contribution in [2.24, 2.45) is 5.92 Å². The van der Waals surface area contributed by atoms with Gasteiger partial charge in [-0.1, -0.05) is 6.42 Å². The Morgan fingerprint density at radius 3 is 2.83 bits per heavy atom. The van der Waals surface area contributed by atoms with Gasteiger partial charge in [0.1, 0.15) is 21.4 Å². The fraction of sp³-hybridized carbons (Fsp3) is 0.154. The second kappa shape index (κ2) is 7.28. The van der Waals surface area contributed by atoms with E-state index in [0.717, 1.165) is 72.7 Å². The van der Waals surface area contributed by atoms with Crippen LogP contribution in [0.25, 0.3) is 64.6 Å². The number of aromatic nitrogens is 8. The Morgan fingerprint density at radius 1 is 1.00 bits per heavy atom. The van der Waals surface area contributed by atoms with Gasteiger partial charge in [-0.25, -0.2) is 4.98 Å². The van der Waals surface area contributed by atoms with Crippen molar-refractivity contribution in [3.63, 3.8) is 0 Å². The molecule has 1 aliphatic rings. The summed E-state index contributed by atoms with van der Waals surface area (Å²) in [5.74, 6) is 0.131. The van der Waals surface area contributed by atoms with Gasteiger partial charge in [-0.15, -0.1) is 11.3 Å². The van der Waals surface area contributed by atoms with E-state index in [1.54, 1.807) is 24.8 Å². The molecule has 2 N–H and O–H groups in total. The number of hydrogen-bond donors (Lipinski definition) is 2. The third-order valence-electron chi connectivity index (χ3n) is 7.07. The minimum atomic E-state index is 0.0275. The van der Waals surface area contributed by atoms with Crippen LogP contribution in [0.3, 0.4) is 0 Å². The van der Waals surface area contributed by atoms with Gasteiger partial charge in [-0.2, -0.15) is 5.10 Å². The van der Waals surface area contributed by atoms with Crippen molar-refractivity contribution in [2.45, 2.75) is 19.3 Å². The number of hydrogen-bond acceptors (Lipinski definition) is 7. The summed E-state index contributed by atoms with van der Waals surface area (Å²) in [4.78, 5) is 36.7. The highest BCUT2D eigenvalue weighted by molar-refractivity contribution is 7.24. The van der Waals surface area contributed by atoms with Gasteiger partial charge in [-0.3, -0.25) is 29.4 Å². The normalized spacial score (nSPS) is 14.3. The summed E-state index contributed by atoms with van der Waals surface area (Å²) < 4.78 is 2.75. The number of fused-ring (bicyclic) bond motifs is 9. The number of pyridine rings is 3. The number of nitrogens with zero attached hydrogens (tertiary/aromatic N) is 6. The summed E-state index contributed by atoms with van der Waals surface area (Å²) in [6.07, 6.45) is 9.98. The molecule has 1 aliphatic carbocycles. The van der Waals surface area contributed by atoms with Gasteiger partial charge in [0.2, 0.25) is 5.91 Å². The zero-order chi connectivity index (χ0) is 23.8. The average Bonchev–Trinajstić information content (AvgIpc) is 3.60. The zero-order valence-electron chi connectivity index (χ0n) is 18.9. The third kappa shape index (κ3) is 2.81. The van der Waals surface area contributed by atoms with Gasteiger partial charge >= 0.3 is 0 Å². The highest BCUT2D eigenvalue weighted by Gasteiger charge is 2.27. The average molecular weight is 491 g/mol. The number of nitrogens with one attached hydrogen (secondary N) is 2. The lowest BCUT2D eigenvalue weighted by Gasteiger charge is -2.24. The van der Waals surface area contributed by atoms with Crippen LogP contribution in [0.1, 0.15) is 24.1 Å². The first-order chi connectivity index (χ1) is 17.7. The molecule has 7 aromatic heterocycles. The van der Waals surface area contributed by atoms with Crippen molar-refractivity contribution < 1.29 is 4.79 Å². The van der Waals surface area contributed by atoms with Crippen LogP contribution in [0, 0.1) is 5.92 Å². The number of carbonyl (C=O) groups is 1. The summed E-state index contributed by atoms with van der Waals surface area (Å²) in [7, 11) is 0. The van der Waals surface area contributed by atoms with E-state index in [1.165, 1.54) is 11.3 Å². The summed E-state index contributed by atoms with van der Waals surface area (Å²) in [6.45, 7) is 0. The molecular weight excluding hydrogens is 472 g/mol. The summed E-state index contributed by atoms with van der Waals surface area (Å²) in [6, 6.07) is 9.88. The predicted octanol–water partition coefficient (Wildman–Crippen LogP) is 5.66. The molecular formula is C26H18N8OS. The van der Waals surface area contributed by atoms with E-state index in [-0.39, 0.29) is 11.8 Å². The lowest BCUT2D eigenvalue weighted by molar-refractivity contribution is 0.0776. The van der Waals surface area contributed by atoms with Crippen LogP contribution in [0.2, 0.25) is 0 Å². The lowest BCUT2D eigenvalue weighted by atomic mass is 9.84. The second-order valence-corrected chi connectivity index (χ2v) is 10.3. The van der Waals surface area contributed by atoms with Crippen LogP contribution < -0.4 is 0 Å². The minimum absolute atomic E-state index is 0.0275. The van der Waals surface area contributed by atoms with Crippen LogP contribution >= 0.6 is 11.3 Å². The maximum absolute atomic E-state index is 13.7. The van der Waals surface area contributed by atoms with E-state index in [9.17, 15) is 4.79 Å². The van der Waals surface area contributed by atoms with Crippen molar-refractivity contribution in [3.8, 4) is 0 Å². The molecule has 0 atom stereocenters. The molecule has 0 radical (unpaired) electrons. The predicted molar refractivity (Wildman–Crippen MR) is 141 cm³/mol. The van der Waals surface area contributed by atoms with E-state index in [2.05, 4.69) is 30.1 Å². The molecule has 0 aliphatic heterocycles. The molecule has 10 heteroatoms. The Kier molecular flexibility index (Phi) is 4.01. The van der Waals surface area contributed by atoms with Crippen LogP contribution in [0.4, 0.5) is 0 Å². The summed E-state index contributed by atoms with van der Waals surface area (Å²) in [5, 5.41) is 9.33. The molecule has 7 aromatic rings. The SMILES string of the molecule is O=C(C1CCC1)n1c2cncc(c2)c2cc3c(cn2)[nH]nc3c2nc3c(ccnc3c3ccc1s3)[nH]2.